The standard InChI is InChI=1S/C21H40N6O.HI/c1-4-22-21(23-16-19-8-11-24(5-2)17-19)27-14-12-25(13-15-27)18(3)20(28)26-9-6-7-10-26;/h18-19H,4-17H2,1-3H3,(H,22,23);1H. The second kappa shape index (κ2) is 12.3. The number of rotatable bonds is 6. The quantitative estimate of drug-likeness (QED) is 0.327. The number of likely N-dealkylation sites (tertiary alicyclic amines) is 2. The van der Waals surface area contributed by atoms with Crippen molar-refractivity contribution in [1.82, 2.24) is 24.9 Å². The molecule has 3 saturated heterocycles. The summed E-state index contributed by atoms with van der Waals surface area (Å²) >= 11 is 0. The van der Waals surface area contributed by atoms with Crippen LogP contribution in [0, 0.1) is 5.92 Å². The van der Waals surface area contributed by atoms with E-state index in [1.807, 2.05) is 4.90 Å². The Morgan fingerprint density at radius 3 is 2.31 bits per heavy atom. The van der Waals surface area contributed by atoms with E-state index < -0.39 is 0 Å². The number of nitrogens with zero attached hydrogens (tertiary/aromatic N) is 5. The van der Waals surface area contributed by atoms with Crippen LogP contribution < -0.4 is 5.32 Å². The summed E-state index contributed by atoms with van der Waals surface area (Å²) in [5.74, 6) is 2.05. The molecule has 29 heavy (non-hydrogen) atoms. The van der Waals surface area contributed by atoms with Crippen molar-refractivity contribution in [2.24, 2.45) is 10.9 Å². The van der Waals surface area contributed by atoms with E-state index in [0.29, 0.717) is 11.8 Å². The van der Waals surface area contributed by atoms with Gasteiger partial charge < -0.3 is 20.0 Å². The molecule has 0 radical (unpaired) electrons. The van der Waals surface area contributed by atoms with Gasteiger partial charge in [0.15, 0.2) is 5.96 Å². The Bertz CT molecular complexity index is 531. The van der Waals surface area contributed by atoms with Gasteiger partial charge in [-0.2, -0.15) is 0 Å². The minimum absolute atomic E-state index is 0. The molecule has 3 fully saturated rings. The summed E-state index contributed by atoms with van der Waals surface area (Å²) in [5, 5.41) is 3.48. The van der Waals surface area contributed by atoms with E-state index in [-0.39, 0.29) is 30.0 Å². The van der Waals surface area contributed by atoms with Crippen LogP contribution in [0.1, 0.15) is 40.0 Å². The molecule has 3 heterocycles. The van der Waals surface area contributed by atoms with E-state index in [1.54, 1.807) is 0 Å². The maximum atomic E-state index is 12.7. The summed E-state index contributed by atoms with van der Waals surface area (Å²) in [6.07, 6.45) is 3.58. The Labute approximate surface area is 194 Å². The van der Waals surface area contributed by atoms with Crippen molar-refractivity contribution in [1.29, 1.82) is 0 Å². The van der Waals surface area contributed by atoms with Gasteiger partial charge in [-0.25, -0.2) is 0 Å². The highest BCUT2D eigenvalue weighted by atomic mass is 127. The zero-order chi connectivity index (χ0) is 19.9. The predicted octanol–water partition coefficient (Wildman–Crippen LogP) is 1.54. The van der Waals surface area contributed by atoms with E-state index in [4.69, 9.17) is 4.99 Å². The molecule has 0 aromatic rings. The monoisotopic (exact) mass is 520 g/mol. The van der Waals surface area contributed by atoms with Gasteiger partial charge in [0.25, 0.3) is 0 Å². The molecule has 1 amide bonds. The number of aliphatic imine (C=N–C) groups is 1. The van der Waals surface area contributed by atoms with Crippen molar-refractivity contribution in [3.63, 3.8) is 0 Å². The van der Waals surface area contributed by atoms with Crippen LogP contribution in [0.3, 0.4) is 0 Å². The maximum absolute atomic E-state index is 12.7. The number of carbonyl (C=O) groups excluding carboxylic acids is 1. The minimum Gasteiger partial charge on any atom is -0.357 e. The number of amides is 1. The van der Waals surface area contributed by atoms with Gasteiger partial charge in [0, 0.05) is 58.9 Å². The highest BCUT2D eigenvalue weighted by Gasteiger charge is 2.30. The van der Waals surface area contributed by atoms with Crippen LogP contribution in [-0.4, -0.2) is 110 Å². The predicted molar refractivity (Wildman–Crippen MR) is 130 cm³/mol. The van der Waals surface area contributed by atoms with Gasteiger partial charge in [0.05, 0.1) is 6.04 Å². The molecule has 2 atom stereocenters. The third-order valence-electron chi connectivity index (χ3n) is 6.59. The highest BCUT2D eigenvalue weighted by molar-refractivity contribution is 14.0. The first kappa shape index (κ1) is 24.7. The molecule has 0 aliphatic carbocycles. The molecule has 3 rings (SSSR count). The largest absolute Gasteiger partial charge is 0.357 e. The average Bonchev–Trinajstić information content (AvgIpc) is 3.42. The van der Waals surface area contributed by atoms with Crippen molar-refractivity contribution in [3.8, 4) is 0 Å². The Balaban J connectivity index is 0.00000300. The molecule has 0 saturated carbocycles. The maximum Gasteiger partial charge on any atom is 0.239 e. The van der Waals surface area contributed by atoms with Crippen LogP contribution in [0.2, 0.25) is 0 Å². The molecule has 0 spiro atoms. The number of hydrogen-bond donors (Lipinski definition) is 1. The number of halogens is 1. The Morgan fingerprint density at radius 1 is 1.03 bits per heavy atom. The Morgan fingerprint density at radius 2 is 1.72 bits per heavy atom. The van der Waals surface area contributed by atoms with E-state index >= 15 is 0 Å². The SMILES string of the molecule is CCNC(=NCC1CCN(CC)C1)N1CCN(C(C)C(=O)N2CCCC2)CC1.I. The smallest absolute Gasteiger partial charge is 0.239 e. The second-order valence-electron chi connectivity index (χ2n) is 8.47. The molecule has 7 nitrogen and oxygen atoms in total. The number of hydrogen-bond acceptors (Lipinski definition) is 4. The van der Waals surface area contributed by atoms with Crippen molar-refractivity contribution < 1.29 is 4.79 Å². The molecule has 2 unspecified atom stereocenters. The van der Waals surface area contributed by atoms with E-state index in [2.05, 4.69) is 40.8 Å². The highest BCUT2D eigenvalue weighted by Crippen LogP contribution is 2.17. The Kier molecular flexibility index (Phi) is 10.5. The van der Waals surface area contributed by atoms with Crippen molar-refractivity contribution in [2.75, 3.05) is 72.0 Å². The minimum atomic E-state index is -0.00158. The fourth-order valence-electron chi connectivity index (χ4n) is 4.67. The first-order chi connectivity index (χ1) is 13.6. The lowest BCUT2D eigenvalue weighted by atomic mass is 10.1. The van der Waals surface area contributed by atoms with E-state index in [0.717, 1.165) is 77.7 Å². The molecule has 3 aliphatic heterocycles. The van der Waals surface area contributed by atoms with Crippen LogP contribution in [0.5, 0.6) is 0 Å². The van der Waals surface area contributed by atoms with Gasteiger partial charge in [-0.1, -0.05) is 6.92 Å². The molecule has 0 bridgehead atoms. The molecule has 168 valence electrons. The summed E-state index contributed by atoms with van der Waals surface area (Å²) in [5.41, 5.74) is 0. The first-order valence-electron chi connectivity index (χ1n) is 11.4. The first-order valence-corrected chi connectivity index (χ1v) is 11.4. The zero-order valence-electron chi connectivity index (χ0n) is 18.6. The lowest BCUT2D eigenvalue weighted by Crippen LogP contribution is -2.57. The molecule has 0 aromatic heterocycles. The Hall–Kier alpha value is -0.610. The summed E-state index contributed by atoms with van der Waals surface area (Å²) in [6, 6.07) is -0.00158. The molecular weight excluding hydrogens is 479 g/mol. The van der Waals surface area contributed by atoms with E-state index in [9.17, 15) is 4.79 Å². The summed E-state index contributed by atoms with van der Waals surface area (Å²) in [7, 11) is 0. The van der Waals surface area contributed by atoms with Gasteiger partial charge in [0.1, 0.15) is 0 Å². The van der Waals surface area contributed by atoms with Gasteiger partial charge in [-0.15, -0.1) is 24.0 Å². The van der Waals surface area contributed by atoms with Gasteiger partial charge in [-0.05, 0) is 52.1 Å². The van der Waals surface area contributed by atoms with E-state index in [1.165, 1.54) is 19.5 Å². The molecule has 1 N–H and O–H groups in total. The number of carbonyl (C=O) groups is 1. The summed E-state index contributed by atoms with van der Waals surface area (Å²) in [6.45, 7) is 17.4. The zero-order valence-corrected chi connectivity index (χ0v) is 20.9. The topological polar surface area (TPSA) is 54.4 Å². The fourth-order valence-corrected chi connectivity index (χ4v) is 4.67. The van der Waals surface area contributed by atoms with Crippen LogP contribution in [0.15, 0.2) is 4.99 Å². The average molecular weight is 521 g/mol. The molecule has 8 heteroatoms. The van der Waals surface area contributed by atoms with Crippen LogP contribution in [-0.2, 0) is 4.79 Å². The fraction of sp³-hybridized carbons (Fsp3) is 0.905. The van der Waals surface area contributed by atoms with Crippen molar-refractivity contribution in [3.05, 3.63) is 0 Å². The van der Waals surface area contributed by atoms with Crippen molar-refractivity contribution >= 4 is 35.8 Å². The molecular formula is C21H41IN6O. The normalized spacial score (nSPS) is 25.2. The summed E-state index contributed by atoms with van der Waals surface area (Å²) in [4.78, 5) is 26.9. The molecule has 0 aromatic carbocycles. The second-order valence-corrected chi connectivity index (χ2v) is 8.47. The third-order valence-corrected chi connectivity index (χ3v) is 6.59. The lowest BCUT2D eigenvalue weighted by molar-refractivity contribution is -0.135. The van der Waals surface area contributed by atoms with Gasteiger partial charge in [0.2, 0.25) is 5.91 Å². The molecule has 3 aliphatic rings. The third kappa shape index (κ3) is 6.69. The number of piperazine rings is 1. The van der Waals surface area contributed by atoms with Gasteiger partial charge in [-0.3, -0.25) is 14.7 Å². The number of nitrogens with one attached hydrogen (secondary N) is 1. The van der Waals surface area contributed by atoms with Crippen LogP contribution in [0.4, 0.5) is 0 Å². The van der Waals surface area contributed by atoms with Crippen molar-refractivity contribution in [2.45, 2.75) is 46.1 Å². The lowest BCUT2D eigenvalue weighted by Gasteiger charge is -2.39. The van der Waals surface area contributed by atoms with Crippen LogP contribution in [0.25, 0.3) is 0 Å². The van der Waals surface area contributed by atoms with Gasteiger partial charge >= 0.3 is 0 Å². The number of guanidine groups is 1. The van der Waals surface area contributed by atoms with Crippen LogP contribution >= 0.6 is 24.0 Å². The summed E-state index contributed by atoms with van der Waals surface area (Å²) < 4.78 is 0.